The number of carbonyl (C=O) groups is 1. The van der Waals surface area contributed by atoms with Crippen molar-refractivity contribution in [1.82, 2.24) is 0 Å². The number of thioether (sulfide) groups is 1. The minimum absolute atomic E-state index is 0.249. The predicted octanol–water partition coefficient (Wildman–Crippen LogP) is 3.16. The number of esters is 1. The number of benzene rings is 1. The summed E-state index contributed by atoms with van der Waals surface area (Å²) in [6.07, 6.45) is 2.00. The highest BCUT2D eigenvalue weighted by Gasteiger charge is 2.51. The predicted molar refractivity (Wildman–Crippen MR) is 99.0 cm³/mol. The molecule has 1 aromatic carbocycles. The van der Waals surface area contributed by atoms with E-state index in [-0.39, 0.29) is 17.2 Å². The highest BCUT2D eigenvalue weighted by atomic mass is 32.2. The van der Waals surface area contributed by atoms with Gasteiger partial charge in [-0.25, -0.2) is 0 Å². The first kappa shape index (κ1) is 19.4. The summed E-state index contributed by atoms with van der Waals surface area (Å²) < 4.78 is 17.2. The molecule has 0 radical (unpaired) electrons. The number of hydrogen-bond acceptors (Lipinski definition) is 5. The number of rotatable bonds is 4. The molecule has 0 amide bonds. The normalized spacial score (nSPS) is 19.4. The van der Waals surface area contributed by atoms with Gasteiger partial charge in [-0.05, 0) is 64.9 Å². The number of methoxy groups -OCH3 is 1. The molecule has 2 rings (SSSR count). The van der Waals surface area contributed by atoms with Crippen LogP contribution in [0.1, 0.15) is 47.1 Å². The molecule has 0 aromatic heterocycles. The van der Waals surface area contributed by atoms with E-state index >= 15 is 0 Å². The maximum absolute atomic E-state index is 12.1. The molecule has 6 heteroatoms. The lowest BCUT2D eigenvalue weighted by Gasteiger charge is -2.32. The second-order valence-corrected chi connectivity index (χ2v) is 8.51. The van der Waals surface area contributed by atoms with Gasteiger partial charge in [0.05, 0.1) is 23.7 Å². The van der Waals surface area contributed by atoms with Gasteiger partial charge in [-0.1, -0.05) is 12.1 Å². The minimum Gasteiger partial charge on any atom is -0.468 e. The summed E-state index contributed by atoms with van der Waals surface area (Å²) >= 11 is 1.60. The van der Waals surface area contributed by atoms with Crippen LogP contribution in [0.4, 0.5) is 0 Å². The second-order valence-electron chi connectivity index (χ2n) is 7.66. The topological polar surface area (TPSA) is 44.8 Å². The molecule has 0 spiro atoms. The Morgan fingerprint density at radius 1 is 1.17 bits per heavy atom. The zero-order chi connectivity index (χ0) is 18.3. The third-order valence-electron chi connectivity index (χ3n) is 5.12. The maximum atomic E-state index is 12.1. The van der Waals surface area contributed by atoms with E-state index in [4.69, 9.17) is 14.0 Å². The van der Waals surface area contributed by atoms with Crippen molar-refractivity contribution in [3.8, 4) is 0 Å². The van der Waals surface area contributed by atoms with Crippen LogP contribution in [-0.4, -0.2) is 37.7 Å². The van der Waals surface area contributed by atoms with Gasteiger partial charge >= 0.3 is 13.1 Å². The van der Waals surface area contributed by atoms with Crippen LogP contribution in [0.3, 0.4) is 0 Å². The van der Waals surface area contributed by atoms with Gasteiger partial charge in [-0.15, -0.1) is 11.8 Å². The first-order valence-corrected chi connectivity index (χ1v) is 9.31. The largest absolute Gasteiger partial charge is 0.494 e. The molecular weight excluding hydrogens is 323 g/mol. The fourth-order valence-electron chi connectivity index (χ4n) is 2.72. The molecule has 1 aliphatic rings. The molecule has 0 bridgehead atoms. The van der Waals surface area contributed by atoms with E-state index in [1.807, 2.05) is 66.0 Å². The third kappa shape index (κ3) is 3.24. The van der Waals surface area contributed by atoms with E-state index in [1.54, 1.807) is 11.8 Å². The Balaban J connectivity index is 2.39. The second kappa shape index (κ2) is 6.39. The molecule has 0 N–H and O–H groups in total. The Bertz CT molecular complexity index is 624. The number of ether oxygens (including phenoxy) is 1. The molecule has 132 valence electrons. The Morgan fingerprint density at radius 3 is 2.17 bits per heavy atom. The van der Waals surface area contributed by atoms with Crippen molar-refractivity contribution >= 4 is 30.3 Å². The van der Waals surface area contributed by atoms with Gasteiger partial charge in [-0.2, -0.15) is 0 Å². The fourth-order valence-corrected chi connectivity index (χ4v) is 3.51. The van der Waals surface area contributed by atoms with E-state index in [1.165, 1.54) is 7.11 Å². The average molecular weight is 350 g/mol. The van der Waals surface area contributed by atoms with Crippen LogP contribution in [-0.2, 0) is 24.3 Å². The first-order valence-electron chi connectivity index (χ1n) is 8.09. The lowest BCUT2D eigenvalue weighted by atomic mass is 9.76. The summed E-state index contributed by atoms with van der Waals surface area (Å²) in [5.41, 5.74) is 0.452. The molecule has 0 saturated carbocycles. The molecular formula is C18H27BO4S. The highest BCUT2D eigenvalue weighted by Crippen LogP contribution is 2.37. The molecule has 1 heterocycles. The molecule has 1 aromatic rings. The van der Waals surface area contributed by atoms with Gasteiger partial charge in [-0.3, -0.25) is 4.79 Å². The first-order chi connectivity index (χ1) is 11.0. The van der Waals surface area contributed by atoms with Crippen LogP contribution < -0.4 is 5.46 Å². The summed E-state index contributed by atoms with van der Waals surface area (Å²) in [7, 11) is 1.01. The molecule has 0 aliphatic carbocycles. The van der Waals surface area contributed by atoms with Crippen LogP contribution in [0.2, 0.25) is 0 Å². The van der Waals surface area contributed by atoms with Crippen LogP contribution in [0.25, 0.3) is 0 Å². The van der Waals surface area contributed by atoms with Crippen molar-refractivity contribution in [3.05, 3.63) is 23.8 Å². The van der Waals surface area contributed by atoms with E-state index in [9.17, 15) is 4.79 Å². The maximum Gasteiger partial charge on any atom is 0.494 e. The SMILES string of the molecule is COC(=O)C(C)(C)c1ccc(B2OC(C)(C)C(C)(C)O2)cc1SC. The Kier molecular flexibility index (Phi) is 5.15. The molecule has 0 atom stereocenters. The molecule has 0 unspecified atom stereocenters. The molecule has 1 aliphatic heterocycles. The molecule has 4 nitrogen and oxygen atoms in total. The van der Waals surface area contributed by atoms with E-state index in [0.717, 1.165) is 15.9 Å². The van der Waals surface area contributed by atoms with Crippen molar-refractivity contribution in [1.29, 1.82) is 0 Å². The third-order valence-corrected chi connectivity index (χ3v) is 5.90. The number of carbonyl (C=O) groups excluding carboxylic acids is 1. The summed E-state index contributed by atoms with van der Waals surface area (Å²) in [4.78, 5) is 13.2. The van der Waals surface area contributed by atoms with Crippen molar-refractivity contribution in [2.45, 2.75) is 63.1 Å². The Hall–Kier alpha value is -0.975. The van der Waals surface area contributed by atoms with Gasteiger partial charge in [0, 0.05) is 4.90 Å². The van der Waals surface area contributed by atoms with E-state index < -0.39 is 12.5 Å². The minimum atomic E-state index is -0.707. The van der Waals surface area contributed by atoms with Gasteiger partial charge < -0.3 is 14.0 Å². The highest BCUT2D eigenvalue weighted by molar-refractivity contribution is 7.98. The summed E-state index contributed by atoms with van der Waals surface area (Å²) in [6.45, 7) is 11.9. The van der Waals surface area contributed by atoms with Crippen LogP contribution in [0.15, 0.2) is 23.1 Å². The molecule has 1 fully saturated rings. The van der Waals surface area contributed by atoms with Crippen molar-refractivity contribution in [3.63, 3.8) is 0 Å². The smallest absolute Gasteiger partial charge is 0.468 e. The van der Waals surface area contributed by atoms with Gasteiger partial charge in [0.15, 0.2) is 0 Å². The van der Waals surface area contributed by atoms with Crippen LogP contribution in [0, 0.1) is 0 Å². The van der Waals surface area contributed by atoms with Gasteiger partial charge in [0.1, 0.15) is 0 Å². The van der Waals surface area contributed by atoms with E-state index in [0.29, 0.717) is 0 Å². The standard InChI is InChI=1S/C18H27BO4S/c1-16(2,15(20)21-7)13-10-9-12(11-14(13)24-8)19-22-17(3,4)18(5,6)23-19/h9-11H,1-8H3. The lowest BCUT2D eigenvalue weighted by Crippen LogP contribution is -2.41. The quantitative estimate of drug-likeness (QED) is 0.474. The number of hydrogen-bond donors (Lipinski definition) is 0. The summed E-state index contributed by atoms with van der Waals surface area (Å²) in [5, 5.41) is 0. The fraction of sp³-hybridized carbons (Fsp3) is 0.611. The van der Waals surface area contributed by atoms with Gasteiger partial charge in [0.25, 0.3) is 0 Å². The lowest BCUT2D eigenvalue weighted by molar-refractivity contribution is -0.146. The Morgan fingerprint density at radius 2 is 1.71 bits per heavy atom. The molecule has 24 heavy (non-hydrogen) atoms. The Labute approximate surface area is 149 Å². The monoisotopic (exact) mass is 350 g/mol. The van der Waals surface area contributed by atoms with E-state index in [2.05, 4.69) is 0 Å². The average Bonchev–Trinajstić information content (AvgIpc) is 2.73. The van der Waals surface area contributed by atoms with Crippen LogP contribution >= 0.6 is 11.8 Å². The van der Waals surface area contributed by atoms with Crippen molar-refractivity contribution < 1.29 is 18.8 Å². The van der Waals surface area contributed by atoms with Crippen LogP contribution in [0.5, 0.6) is 0 Å². The summed E-state index contributed by atoms with van der Waals surface area (Å²) in [6, 6.07) is 6.00. The van der Waals surface area contributed by atoms with Gasteiger partial charge in [0.2, 0.25) is 0 Å². The zero-order valence-corrected chi connectivity index (χ0v) is 16.7. The summed E-state index contributed by atoms with van der Waals surface area (Å²) in [5.74, 6) is -0.249. The van der Waals surface area contributed by atoms with Crippen molar-refractivity contribution in [2.24, 2.45) is 0 Å². The van der Waals surface area contributed by atoms with Crippen molar-refractivity contribution in [2.75, 3.05) is 13.4 Å². The molecule has 1 saturated heterocycles. The zero-order valence-electron chi connectivity index (χ0n) is 15.9.